The summed E-state index contributed by atoms with van der Waals surface area (Å²) in [6, 6.07) is 2.83. The minimum atomic E-state index is -1.27. The fourth-order valence-corrected chi connectivity index (χ4v) is 1.22. The quantitative estimate of drug-likeness (QED) is 0.588. The molecule has 1 unspecified atom stereocenters. The van der Waals surface area contributed by atoms with Gasteiger partial charge in [-0.05, 0) is 26.0 Å². The van der Waals surface area contributed by atoms with E-state index in [0.29, 0.717) is 11.5 Å². The number of aryl methyl sites for hydroxylation is 1. The lowest BCUT2D eigenvalue weighted by Crippen LogP contribution is -2.37. The summed E-state index contributed by atoms with van der Waals surface area (Å²) in [6.07, 6.45) is 0. The van der Waals surface area contributed by atoms with Gasteiger partial charge < -0.3 is 20.6 Å². The van der Waals surface area contributed by atoms with Gasteiger partial charge in [-0.15, -0.1) is 0 Å². The molecule has 1 aromatic heterocycles. The molecule has 0 amide bonds. The molecule has 0 saturated carbocycles. The molecule has 0 radical (unpaired) electrons. The van der Waals surface area contributed by atoms with E-state index >= 15 is 0 Å². The van der Waals surface area contributed by atoms with Gasteiger partial charge in [0.25, 0.3) is 0 Å². The number of aromatic nitrogens is 1. The maximum absolute atomic E-state index is 10.8. The predicted molar refractivity (Wildman–Crippen MR) is 62.1 cm³/mol. The van der Waals surface area contributed by atoms with Crippen LogP contribution in [0.15, 0.2) is 12.1 Å². The number of aromatic carboxylic acids is 1. The average Bonchev–Trinajstić information content (AvgIpc) is 2.26. The summed E-state index contributed by atoms with van der Waals surface area (Å²) in [7, 11) is 0. The minimum Gasteiger partial charge on any atom is -0.478 e. The third kappa shape index (κ3) is 4.01. The molecule has 1 aromatic rings. The first-order chi connectivity index (χ1) is 7.84. The van der Waals surface area contributed by atoms with Gasteiger partial charge in [0.05, 0.1) is 12.2 Å². The molecule has 1 atom stereocenters. The Bertz CT molecular complexity index is 418. The monoisotopic (exact) mass is 240 g/mol. The third-order valence-electron chi connectivity index (χ3n) is 2.19. The molecule has 0 aliphatic carbocycles. The lowest BCUT2D eigenvalue weighted by molar-refractivity contribution is 0.0131. The second kappa shape index (κ2) is 5.11. The molecule has 17 heavy (non-hydrogen) atoms. The van der Waals surface area contributed by atoms with Crippen LogP contribution in [0.2, 0.25) is 0 Å². The standard InChI is InChI=1S/C11H16N2O4/c1-7-3-8(10(15)16)4-9(13-7)12-5-11(2,17)6-14/h3-4,14,17H,5-6H2,1-2H3,(H,12,13)(H,15,16). The Balaban J connectivity index is 2.81. The van der Waals surface area contributed by atoms with Crippen LogP contribution in [0.5, 0.6) is 0 Å². The summed E-state index contributed by atoms with van der Waals surface area (Å²) < 4.78 is 0. The van der Waals surface area contributed by atoms with Crippen molar-refractivity contribution in [3.63, 3.8) is 0 Å². The SMILES string of the molecule is Cc1cc(C(=O)O)cc(NCC(C)(O)CO)n1. The molecule has 0 aliphatic rings. The molecule has 94 valence electrons. The highest BCUT2D eigenvalue weighted by molar-refractivity contribution is 5.88. The molecular formula is C11H16N2O4. The smallest absolute Gasteiger partial charge is 0.335 e. The van der Waals surface area contributed by atoms with Crippen molar-refractivity contribution in [2.24, 2.45) is 0 Å². The summed E-state index contributed by atoms with van der Waals surface area (Å²) in [4.78, 5) is 14.9. The van der Waals surface area contributed by atoms with E-state index in [0.717, 1.165) is 0 Å². The van der Waals surface area contributed by atoms with Crippen molar-refractivity contribution in [1.82, 2.24) is 4.98 Å². The Morgan fingerprint density at radius 3 is 2.71 bits per heavy atom. The van der Waals surface area contributed by atoms with Gasteiger partial charge in [0.2, 0.25) is 0 Å². The maximum Gasteiger partial charge on any atom is 0.335 e. The molecule has 0 saturated heterocycles. The van der Waals surface area contributed by atoms with Crippen molar-refractivity contribution in [2.45, 2.75) is 19.4 Å². The van der Waals surface area contributed by atoms with Crippen LogP contribution >= 0.6 is 0 Å². The van der Waals surface area contributed by atoms with Crippen LogP contribution in [0.25, 0.3) is 0 Å². The summed E-state index contributed by atoms with van der Waals surface area (Å²) in [5.41, 5.74) is -0.575. The van der Waals surface area contributed by atoms with Crippen molar-refractivity contribution in [1.29, 1.82) is 0 Å². The van der Waals surface area contributed by atoms with E-state index in [9.17, 15) is 9.90 Å². The Hall–Kier alpha value is -1.66. The molecule has 4 N–H and O–H groups in total. The number of nitrogens with one attached hydrogen (secondary N) is 1. The second-order valence-electron chi connectivity index (χ2n) is 4.20. The Kier molecular flexibility index (Phi) is 4.03. The van der Waals surface area contributed by atoms with Gasteiger partial charge >= 0.3 is 5.97 Å². The van der Waals surface area contributed by atoms with Gasteiger partial charge in [-0.25, -0.2) is 9.78 Å². The van der Waals surface area contributed by atoms with E-state index in [1.54, 1.807) is 6.92 Å². The molecule has 1 heterocycles. The number of carbonyl (C=O) groups is 1. The van der Waals surface area contributed by atoms with E-state index in [-0.39, 0.29) is 12.1 Å². The number of pyridine rings is 1. The number of rotatable bonds is 5. The van der Waals surface area contributed by atoms with Crippen molar-refractivity contribution in [3.05, 3.63) is 23.4 Å². The average molecular weight is 240 g/mol. The summed E-state index contributed by atoms with van der Waals surface area (Å²) in [6.45, 7) is 2.84. The first kappa shape index (κ1) is 13.4. The van der Waals surface area contributed by atoms with Crippen LogP contribution in [-0.2, 0) is 0 Å². The Morgan fingerprint density at radius 2 is 2.18 bits per heavy atom. The van der Waals surface area contributed by atoms with Crippen LogP contribution < -0.4 is 5.32 Å². The van der Waals surface area contributed by atoms with Crippen LogP contribution in [0.4, 0.5) is 5.82 Å². The molecule has 0 bridgehead atoms. The minimum absolute atomic E-state index is 0.0824. The molecular weight excluding hydrogens is 224 g/mol. The zero-order valence-electron chi connectivity index (χ0n) is 9.77. The highest BCUT2D eigenvalue weighted by Gasteiger charge is 2.18. The van der Waals surface area contributed by atoms with Crippen LogP contribution in [0, 0.1) is 6.92 Å². The zero-order chi connectivity index (χ0) is 13.1. The Labute approximate surface area is 98.9 Å². The molecule has 0 spiro atoms. The molecule has 1 rings (SSSR count). The summed E-state index contributed by atoms with van der Waals surface area (Å²) >= 11 is 0. The molecule has 0 fully saturated rings. The number of carboxylic acids is 1. The second-order valence-corrected chi connectivity index (χ2v) is 4.20. The van der Waals surface area contributed by atoms with Crippen molar-refractivity contribution in [2.75, 3.05) is 18.5 Å². The zero-order valence-corrected chi connectivity index (χ0v) is 9.77. The van der Waals surface area contributed by atoms with Gasteiger partial charge in [-0.1, -0.05) is 0 Å². The number of aliphatic hydroxyl groups is 2. The highest BCUT2D eigenvalue weighted by atomic mass is 16.4. The molecule has 6 nitrogen and oxygen atoms in total. The van der Waals surface area contributed by atoms with E-state index < -0.39 is 18.2 Å². The molecule has 0 aliphatic heterocycles. The van der Waals surface area contributed by atoms with E-state index in [1.807, 2.05) is 0 Å². The van der Waals surface area contributed by atoms with Gasteiger partial charge in [0.1, 0.15) is 11.4 Å². The van der Waals surface area contributed by atoms with Gasteiger partial charge in [-0.2, -0.15) is 0 Å². The van der Waals surface area contributed by atoms with Crippen molar-refractivity contribution < 1.29 is 20.1 Å². The number of hydrogen-bond acceptors (Lipinski definition) is 5. The third-order valence-corrected chi connectivity index (χ3v) is 2.19. The van der Waals surface area contributed by atoms with Crippen molar-refractivity contribution in [3.8, 4) is 0 Å². The van der Waals surface area contributed by atoms with Crippen LogP contribution in [0.1, 0.15) is 23.0 Å². The fraction of sp³-hybridized carbons (Fsp3) is 0.455. The topological polar surface area (TPSA) is 103 Å². The van der Waals surface area contributed by atoms with Crippen LogP contribution in [-0.4, -0.2) is 45.0 Å². The van der Waals surface area contributed by atoms with E-state index in [1.165, 1.54) is 19.1 Å². The van der Waals surface area contributed by atoms with Gasteiger partial charge in [0.15, 0.2) is 0 Å². The largest absolute Gasteiger partial charge is 0.478 e. The maximum atomic E-state index is 10.8. The van der Waals surface area contributed by atoms with Crippen molar-refractivity contribution >= 4 is 11.8 Å². The van der Waals surface area contributed by atoms with Gasteiger partial charge in [-0.3, -0.25) is 0 Å². The first-order valence-electron chi connectivity index (χ1n) is 5.13. The number of aliphatic hydroxyl groups excluding tert-OH is 1. The number of nitrogens with zero attached hydrogens (tertiary/aromatic N) is 1. The lowest BCUT2D eigenvalue weighted by Gasteiger charge is -2.21. The first-order valence-corrected chi connectivity index (χ1v) is 5.13. The number of hydrogen-bond donors (Lipinski definition) is 4. The number of carboxylic acid groups (broad SMARTS) is 1. The summed E-state index contributed by atoms with van der Waals surface area (Å²) in [5.74, 6) is -0.677. The predicted octanol–water partition coefficient (Wildman–Crippen LogP) is 0.243. The Morgan fingerprint density at radius 1 is 1.53 bits per heavy atom. The molecule has 0 aromatic carbocycles. The molecule has 6 heteroatoms. The van der Waals surface area contributed by atoms with E-state index in [4.69, 9.17) is 10.2 Å². The van der Waals surface area contributed by atoms with E-state index in [2.05, 4.69) is 10.3 Å². The fourth-order valence-electron chi connectivity index (χ4n) is 1.22. The number of anilines is 1. The van der Waals surface area contributed by atoms with Gasteiger partial charge in [0, 0.05) is 12.2 Å². The van der Waals surface area contributed by atoms with Crippen LogP contribution in [0.3, 0.4) is 0 Å². The summed E-state index contributed by atoms with van der Waals surface area (Å²) in [5, 5.41) is 30.1. The highest BCUT2D eigenvalue weighted by Crippen LogP contribution is 2.11. The normalized spacial score (nSPS) is 14.1. The lowest BCUT2D eigenvalue weighted by atomic mass is 10.1.